The Kier molecular flexibility index (Phi) is 3.68. The number of aliphatic hydroxyl groups is 1. The van der Waals surface area contributed by atoms with Gasteiger partial charge in [0.1, 0.15) is 5.82 Å². The number of halogens is 1. The maximum Gasteiger partial charge on any atom is 0.226 e. The highest BCUT2D eigenvalue weighted by Gasteiger charge is 2.60. The summed E-state index contributed by atoms with van der Waals surface area (Å²) in [5, 5.41) is 15.6. The Morgan fingerprint density at radius 1 is 1.11 bits per heavy atom. The molecule has 4 saturated carbocycles. The third-order valence-electron chi connectivity index (χ3n) is 7.23. The van der Waals surface area contributed by atoms with Crippen LogP contribution in [0.4, 0.5) is 4.39 Å². The van der Waals surface area contributed by atoms with Crippen molar-refractivity contribution >= 4 is 16.7 Å². The molecule has 2 aromatic carbocycles. The van der Waals surface area contributed by atoms with E-state index in [4.69, 9.17) is 0 Å². The van der Waals surface area contributed by atoms with Crippen LogP contribution >= 0.6 is 0 Å². The molecule has 0 radical (unpaired) electrons. The lowest BCUT2D eigenvalue weighted by Crippen LogP contribution is -2.60. The Hall–Kier alpha value is -1.94. The first-order chi connectivity index (χ1) is 12.9. The van der Waals surface area contributed by atoms with E-state index in [1.54, 1.807) is 12.1 Å². The molecule has 0 heterocycles. The second-order valence-corrected chi connectivity index (χ2v) is 9.34. The molecule has 4 aliphatic carbocycles. The summed E-state index contributed by atoms with van der Waals surface area (Å²) in [7, 11) is 0. The number of carbonyl (C=O) groups excluding carboxylic acids is 1. The number of fused-ring (bicyclic) bond motifs is 1. The van der Waals surface area contributed by atoms with E-state index in [0.717, 1.165) is 43.1 Å². The van der Waals surface area contributed by atoms with E-state index in [9.17, 15) is 14.3 Å². The maximum absolute atomic E-state index is 14.1. The van der Waals surface area contributed by atoms with Crippen molar-refractivity contribution < 1.29 is 14.3 Å². The maximum atomic E-state index is 14.1. The SMILES string of the molecule is CC(NC(=O)C12CC3CC(CC(O)(C3)C1)C2)c1ccc(F)c2ccccc12. The molecular formula is C23H26FNO2. The first-order valence-corrected chi connectivity index (χ1v) is 10.1. The fraction of sp³-hybridized carbons (Fsp3) is 0.522. The first kappa shape index (κ1) is 17.2. The van der Waals surface area contributed by atoms with E-state index in [-0.39, 0.29) is 17.8 Å². The summed E-state index contributed by atoms with van der Waals surface area (Å²) in [6.45, 7) is 1.97. The number of hydrogen-bond acceptors (Lipinski definition) is 2. The van der Waals surface area contributed by atoms with Crippen LogP contribution in [0.2, 0.25) is 0 Å². The van der Waals surface area contributed by atoms with Crippen molar-refractivity contribution in [2.24, 2.45) is 17.3 Å². The summed E-state index contributed by atoms with van der Waals surface area (Å²) in [6.07, 6.45) is 5.27. The fourth-order valence-corrected chi connectivity index (χ4v) is 6.57. The van der Waals surface area contributed by atoms with Crippen LogP contribution in [0.25, 0.3) is 10.8 Å². The molecule has 3 unspecified atom stereocenters. The van der Waals surface area contributed by atoms with Crippen LogP contribution in [0.5, 0.6) is 0 Å². The first-order valence-electron chi connectivity index (χ1n) is 10.1. The molecule has 4 fully saturated rings. The molecule has 4 aliphatic rings. The molecular weight excluding hydrogens is 341 g/mol. The highest BCUT2D eigenvalue weighted by molar-refractivity contribution is 5.88. The van der Waals surface area contributed by atoms with Gasteiger partial charge in [0.15, 0.2) is 0 Å². The lowest BCUT2D eigenvalue weighted by molar-refractivity contribution is -0.178. The molecule has 2 N–H and O–H groups in total. The standard InChI is InChI=1S/C23H26FNO2/c1-14(17-6-7-20(24)19-5-3-2-4-18(17)19)25-21(26)22-9-15-8-16(10-22)12-23(27,11-15)13-22/h2-7,14-16,27H,8-13H2,1H3,(H,25,26). The zero-order chi connectivity index (χ0) is 18.8. The molecule has 1 amide bonds. The quantitative estimate of drug-likeness (QED) is 0.840. The second-order valence-electron chi connectivity index (χ2n) is 9.34. The topological polar surface area (TPSA) is 49.3 Å². The van der Waals surface area contributed by atoms with Crippen LogP contribution in [0.15, 0.2) is 36.4 Å². The van der Waals surface area contributed by atoms with Gasteiger partial charge >= 0.3 is 0 Å². The molecule has 6 rings (SSSR count). The van der Waals surface area contributed by atoms with Gasteiger partial charge in [0.05, 0.1) is 17.1 Å². The second kappa shape index (κ2) is 5.78. The zero-order valence-electron chi connectivity index (χ0n) is 15.7. The van der Waals surface area contributed by atoms with Gasteiger partial charge in [-0.2, -0.15) is 0 Å². The van der Waals surface area contributed by atoms with Gasteiger partial charge in [-0.3, -0.25) is 4.79 Å². The molecule has 0 saturated heterocycles. The summed E-state index contributed by atoms with van der Waals surface area (Å²) in [6, 6.07) is 10.5. The van der Waals surface area contributed by atoms with Crippen molar-refractivity contribution in [2.45, 2.75) is 57.1 Å². The number of carbonyl (C=O) groups is 1. The summed E-state index contributed by atoms with van der Waals surface area (Å²) >= 11 is 0. The van der Waals surface area contributed by atoms with Gasteiger partial charge < -0.3 is 10.4 Å². The van der Waals surface area contributed by atoms with Gasteiger partial charge in [-0.25, -0.2) is 4.39 Å². The average Bonchev–Trinajstić information content (AvgIpc) is 2.60. The van der Waals surface area contributed by atoms with Gasteiger partial charge in [-0.1, -0.05) is 30.3 Å². The molecule has 4 bridgehead atoms. The molecule has 27 heavy (non-hydrogen) atoms. The van der Waals surface area contributed by atoms with Crippen LogP contribution in [-0.4, -0.2) is 16.6 Å². The minimum Gasteiger partial charge on any atom is -0.390 e. The number of benzene rings is 2. The zero-order valence-corrected chi connectivity index (χ0v) is 15.7. The van der Waals surface area contributed by atoms with Crippen LogP contribution in [0, 0.1) is 23.1 Å². The van der Waals surface area contributed by atoms with Gasteiger partial charge in [0.25, 0.3) is 0 Å². The average molecular weight is 367 g/mol. The summed E-state index contributed by atoms with van der Waals surface area (Å²) in [5.41, 5.74) is -0.139. The molecule has 3 atom stereocenters. The Bertz CT molecular complexity index is 910. The fourth-order valence-electron chi connectivity index (χ4n) is 6.57. The summed E-state index contributed by atoms with van der Waals surface area (Å²) < 4.78 is 14.1. The van der Waals surface area contributed by atoms with Gasteiger partial charge in [-0.15, -0.1) is 0 Å². The van der Waals surface area contributed by atoms with Gasteiger partial charge in [0, 0.05) is 5.39 Å². The minimum atomic E-state index is -0.646. The van der Waals surface area contributed by atoms with Crippen molar-refractivity contribution in [2.75, 3.05) is 0 Å². The predicted octanol–water partition coefficient (Wildman–Crippen LogP) is 4.49. The van der Waals surface area contributed by atoms with Crippen molar-refractivity contribution in [1.82, 2.24) is 5.32 Å². The molecule has 0 aromatic heterocycles. The Morgan fingerprint density at radius 3 is 2.44 bits per heavy atom. The molecule has 0 aliphatic heterocycles. The smallest absolute Gasteiger partial charge is 0.226 e. The van der Waals surface area contributed by atoms with Crippen molar-refractivity contribution in [3.05, 3.63) is 47.8 Å². The van der Waals surface area contributed by atoms with Gasteiger partial charge in [-0.05, 0) is 74.3 Å². The van der Waals surface area contributed by atoms with E-state index in [1.165, 1.54) is 6.07 Å². The Balaban J connectivity index is 1.43. The van der Waals surface area contributed by atoms with Crippen LogP contribution < -0.4 is 5.32 Å². The van der Waals surface area contributed by atoms with Crippen molar-refractivity contribution in [3.63, 3.8) is 0 Å². The number of nitrogens with one attached hydrogen (secondary N) is 1. The Morgan fingerprint density at radius 2 is 1.78 bits per heavy atom. The Labute approximate surface area is 159 Å². The van der Waals surface area contributed by atoms with Crippen LogP contribution in [0.1, 0.15) is 57.1 Å². The lowest BCUT2D eigenvalue weighted by atomic mass is 9.47. The number of amides is 1. The third-order valence-corrected chi connectivity index (χ3v) is 7.23. The van der Waals surface area contributed by atoms with E-state index in [2.05, 4.69) is 5.32 Å². The van der Waals surface area contributed by atoms with Crippen LogP contribution in [-0.2, 0) is 4.79 Å². The highest BCUT2D eigenvalue weighted by Crippen LogP contribution is 2.61. The molecule has 4 heteroatoms. The molecule has 0 spiro atoms. The van der Waals surface area contributed by atoms with E-state index >= 15 is 0 Å². The highest BCUT2D eigenvalue weighted by atomic mass is 19.1. The van der Waals surface area contributed by atoms with Crippen molar-refractivity contribution in [1.29, 1.82) is 0 Å². The van der Waals surface area contributed by atoms with E-state index < -0.39 is 11.0 Å². The normalized spacial score (nSPS) is 35.4. The lowest BCUT2D eigenvalue weighted by Gasteiger charge is -2.59. The third kappa shape index (κ3) is 2.68. The van der Waals surface area contributed by atoms with E-state index in [1.807, 2.05) is 25.1 Å². The molecule has 3 nitrogen and oxygen atoms in total. The number of rotatable bonds is 3. The van der Waals surface area contributed by atoms with Gasteiger partial charge in [0.2, 0.25) is 5.91 Å². The molecule has 2 aromatic rings. The summed E-state index contributed by atoms with van der Waals surface area (Å²) in [5.74, 6) is 0.778. The largest absolute Gasteiger partial charge is 0.390 e. The summed E-state index contributed by atoms with van der Waals surface area (Å²) in [4.78, 5) is 13.3. The van der Waals surface area contributed by atoms with E-state index in [0.29, 0.717) is 23.6 Å². The minimum absolute atomic E-state index is 0.0657. The number of hydrogen-bond donors (Lipinski definition) is 2. The van der Waals surface area contributed by atoms with Crippen molar-refractivity contribution in [3.8, 4) is 0 Å². The predicted molar refractivity (Wildman–Crippen MR) is 103 cm³/mol. The van der Waals surface area contributed by atoms with Crippen LogP contribution in [0.3, 0.4) is 0 Å². The monoisotopic (exact) mass is 367 g/mol. The molecule has 142 valence electrons.